The van der Waals surface area contributed by atoms with E-state index in [0.717, 1.165) is 17.4 Å². The number of anilines is 1. The number of alkyl halides is 3. The van der Waals surface area contributed by atoms with Gasteiger partial charge in [-0.3, -0.25) is 0 Å². The molecule has 1 aliphatic carbocycles. The van der Waals surface area contributed by atoms with Crippen molar-refractivity contribution in [1.29, 1.82) is 0 Å². The fourth-order valence-electron chi connectivity index (χ4n) is 2.45. The highest BCUT2D eigenvalue weighted by atomic mass is 19.4. The molecule has 8 heteroatoms. The number of nitrogens with one attached hydrogen (secondary N) is 1. The van der Waals surface area contributed by atoms with Crippen LogP contribution < -0.4 is 5.32 Å². The molecule has 2 aromatic heterocycles. The third-order valence-electron chi connectivity index (χ3n) is 4.25. The van der Waals surface area contributed by atoms with Crippen LogP contribution in [0.3, 0.4) is 0 Å². The van der Waals surface area contributed by atoms with Crippen LogP contribution in [0.5, 0.6) is 0 Å². The lowest BCUT2D eigenvalue weighted by Gasteiger charge is -2.20. The topological polar surface area (TPSA) is 55.1 Å². The molecule has 5 nitrogen and oxygen atoms in total. The summed E-state index contributed by atoms with van der Waals surface area (Å²) in [5.41, 5.74) is 0.328. The molecular weight excluding hydrogens is 283 g/mol. The van der Waals surface area contributed by atoms with Gasteiger partial charge in [0, 0.05) is 6.54 Å². The van der Waals surface area contributed by atoms with Gasteiger partial charge >= 0.3 is 6.18 Å². The predicted octanol–water partition coefficient (Wildman–Crippen LogP) is 2.99. The number of fused-ring (bicyclic) bond motifs is 1. The standard InChI is InChI=1S/C13H16F3N5/c1-8(2)12(5-6-12)7-17-9-3-4-10-18-19-11(13(14,15)16)21(10)20-9/h3-4,8H,5-7H2,1-2H3,(H,17,20). The summed E-state index contributed by atoms with van der Waals surface area (Å²) >= 11 is 0. The lowest BCUT2D eigenvalue weighted by molar-refractivity contribution is -0.146. The average Bonchev–Trinajstić information content (AvgIpc) is 3.07. The largest absolute Gasteiger partial charge is 0.453 e. The summed E-state index contributed by atoms with van der Waals surface area (Å²) in [6.45, 7) is 5.03. The Morgan fingerprint density at radius 1 is 1.29 bits per heavy atom. The molecule has 0 spiro atoms. The van der Waals surface area contributed by atoms with Crippen molar-refractivity contribution in [2.24, 2.45) is 11.3 Å². The van der Waals surface area contributed by atoms with Crippen molar-refractivity contribution >= 4 is 11.5 Å². The smallest absolute Gasteiger partial charge is 0.368 e. The molecule has 114 valence electrons. The van der Waals surface area contributed by atoms with Crippen LogP contribution in [0.25, 0.3) is 5.65 Å². The fraction of sp³-hybridized carbons (Fsp3) is 0.615. The second-order valence-corrected chi connectivity index (χ2v) is 5.88. The van der Waals surface area contributed by atoms with Gasteiger partial charge in [0.25, 0.3) is 5.82 Å². The Morgan fingerprint density at radius 2 is 2.00 bits per heavy atom. The Balaban J connectivity index is 1.84. The Labute approximate surface area is 119 Å². The molecule has 0 bridgehead atoms. The highest BCUT2D eigenvalue weighted by Gasteiger charge is 2.45. The first-order valence-corrected chi connectivity index (χ1v) is 6.85. The molecule has 1 N–H and O–H groups in total. The summed E-state index contributed by atoms with van der Waals surface area (Å²) in [4.78, 5) is 0. The third-order valence-corrected chi connectivity index (χ3v) is 4.25. The zero-order valence-electron chi connectivity index (χ0n) is 11.8. The van der Waals surface area contributed by atoms with Crippen LogP contribution in [0.2, 0.25) is 0 Å². The van der Waals surface area contributed by atoms with Gasteiger partial charge in [-0.25, -0.2) is 0 Å². The normalized spacial score (nSPS) is 17.4. The minimum atomic E-state index is -4.57. The summed E-state index contributed by atoms with van der Waals surface area (Å²) in [5, 5.41) is 13.7. The van der Waals surface area contributed by atoms with Gasteiger partial charge in [0.2, 0.25) is 0 Å². The van der Waals surface area contributed by atoms with Crippen LogP contribution in [0.4, 0.5) is 19.0 Å². The molecule has 0 unspecified atom stereocenters. The van der Waals surface area contributed by atoms with Gasteiger partial charge in [-0.05, 0) is 36.3 Å². The van der Waals surface area contributed by atoms with Gasteiger partial charge < -0.3 is 5.32 Å². The summed E-state index contributed by atoms with van der Waals surface area (Å²) in [6, 6.07) is 3.10. The maximum atomic E-state index is 12.8. The van der Waals surface area contributed by atoms with Crippen molar-refractivity contribution < 1.29 is 13.2 Å². The van der Waals surface area contributed by atoms with E-state index in [1.165, 1.54) is 6.07 Å². The zero-order valence-corrected chi connectivity index (χ0v) is 11.8. The van der Waals surface area contributed by atoms with E-state index in [1.54, 1.807) is 6.07 Å². The molecule has 1 saturated carbocycles. The molecule has 1 fully saturated rings. The maximum absolute atomic E-state index is 12.8. The molecule has 0 radical (unpaired) electrons. The SMILES string of the molecule is CC(C)C1(CNc2ccc3nnc(C(F)(F)F)n3n2)CC1. The van der Waals surface area contributed by atoms with Crippen LogP contribution >= 0.6 is 0 Å². The summed E-state index contributed by atoms with van der Waals surface area (Å²) in [7, 11) is 0. The van der Waals surface area contributed by atoms with Gasteiger partial charge in [0.15, 0.2) is 5.65 Å². The summed E-state index contributed by atoms with van der Waals surface area (Å²) < 4.78 is 39.1. The molecule has 0 aliphatic heterocycles. The monoisotopic (exact) mass is 299 g/mol. The zero-order chi connectivity index (χ0) is 15.3. The Morgan fingerprint density at radius 3 is 2.57 bits per heavy atom. The van der Waals surface area contributed by atoms with Crippen molar-refractivity contribution in [3.63, 3.8) is 0 Å². The molecule has 0 saturated heterocycles. The quantitative estimate of drug-likeness (QED) is 0.943. The molecular formula is C13H16F3N5. The van der Waals surface area contributed by atoms with Gasteiger partial charge in [0.05, 0.1) is 0 Å². The van der Waals surface area contributed by atoms with Gasteiger partial charge in [-0.15, -0.1) is 15.3 Å². The second-order valence-electron chi connectivity index (χ2n) is 5.88. The van der Waals surface area contributed by atoms with E-state index in [1.807, 2.05) is 0 Å². The Kier molecular flexibility index (Phi) is 3.07. The molecule has 0 aromatic carbocycles. The van der Waals surface area contributed by atoms with E-state index in [-0.39, 0.29) is 11.1 Å². The second kappa shape index (κ2) is 4.57. The molecule has 2 heterocycles. The third kappa shape index (κ3) is 2.54. The summed E-state index contributed by atoms with van der Waals surface area (Å²) in [6.07, 6.45) is -2.29. The lowest BCUT2D eigenvalue weighted by Crippen LogP contribution is -2.22. The van der Waals surface area contributed by atoms with Crippen LogP contribution in [0.15, 0.2) is 12.1 Å². The fourth-order valence-corrected chi connectivity index (χ4v) is 2.45. The minimum Gasteiger partial charge on any atom is -0.368 e. The number of halogens is 3. The molecule has 0 atom stereocenters. The molecule has 21 heavy (non-hydrogen) atoms. The first-order valence-electron chi connectivity index (χ1n) is 6.85. The van der Waals surface area contributed by atoms with Gasteiger partial charge in [-0.2, -0.15) is 17.7 Å². The van der Waals surface area contributed by atoms with Crippen molar-refractivity contribution in [3.05, 3.63) is 18.0 Å². The number of rotatable bonds is 4. The first kappa shape index (κ1) is 14.1. The molecule has 0 amide bonds. The Bertz CT molecular complexity index is 657. The van der Waals surface area contributed by atoms with E-state index in [2.05, 4.69) is 34.5 Å². The van der Waals surface area contributed by atoms with Crippen LogP contribution in [-0.2, 0) is 6.18 Å². The lowest BCUT2D eigenvalue weighted by atomic mass is 9.92. The summed E-state index contributed by atoms with van der Waals surface area (Å²) in [5.74, 6) is -0.166. The average molecular weight is 299 g/mol. The minimum absolute atomic E-state index is 0.0814. The highest BCUT2D eigenvalue weighted by Crippen LogP contribution is 2.51. The van der Waals surface area contributed by atoms with Crippen molar-refractivity contribution in [2.75, 3.05) is 11.9 Å². The van der Waals surface area contributed by atoms with Crippen molar-refractivity contribution in [3.8, 4) is 0 Å². The van der Waals surface area contributed by atoms with Crippen molar-refractivity contribution in [2.45, 2.75) is 32.9 Å². The van der Waals surface area contributed by atoms with Gasteiger partial charge in [-0.1, -0.05) is 13.8 Å². The van der Waals surface area contributed by atoms with E-state index in [0.29, 0.717) is 18.3 Å². The van der Waals surface area contributed by atoms with Crippen LogP contribution in [-0.4, -0.2) is 26.4 Å². The number of hydrogen-bond acceptors (Lipinski definition) is 4. The van der Waals surface area contributed by atoms with E-state index in [4.69, 9.17) is 0 Å². The van der Waals surface area contributed by atoms with Crippen molar-refractivity contribution in [1.82, 2.24) is 19.8 Å². The molecule has 1 aliphatic rings. The van der Waals surface area contributed by atoms with E-state index < -0.39 is 12.0 Å². The van der Waals surface area contributed by atoms with Crippen LogP contribution in [0, 0.1) is 11.3 Å². The number of hydrogen-bond donors (Lipinski definition) is 1. The first-order chi connectivity index (χ1) is 9.82. The highest BCUT2D eigenvalue weighted by molar-refractivity contribution is 5.44. The number of nitrogens with zero attached hydrogens (tertiary/aromatic N) is 4. The predicted molar refractivity (Wildman–Crippen MR) is 70.8 cm³/mol. The Hall–Kier alpha value is -1.86. The van der Waals surface area contributed by atoms with Crippen LogP contribution in [0.1, 0.15) is 32.5 Å². The van der Waals surface area contributed by atoms with E-state index in [9.17, 15) is 13.2 Å². The van der Waals surface area contributed by atoms with E-state index >= 15 is 0 Å². The molecule has 2 aromatic rings. The number of aromatic nitrogens is 4. The van der Waals surface area contributed by atoms with Gasteiger partial charge in [0.1, 0.15) is 5.82 Å². The maximum Gasteiger partial charge on any atom is 0.453 e. The molecule has 3 rings (SSSR count).